The van der Waals surface area contributed by atoms with E-state index in [1.807, 2.05) is 0 Å². The first-order valence-electron chi connectivity index (χ1n) is 3.89. The van der Waals surface area contributed by atoms with Crippen LogP contribution in [0.3, 0.4) is 0 Å². The number of hydrogen-bond acceptors (Lipinski definition) is 1. The SMILES string of the molecule is C1=CCC=C1.C1CCOC1.Cl.Cl. The van der Waals surface area contributed by atoms with Crippen LogP contribution in [0.5, 0.6) is 0 Å². The molecule has 0 saturated carbocycles. The average molecular weight is 211 g/mol. The van der Waals surface area contributed by atoms with Gasteiger partial charge in [0.05, 0.1) is 0 Å². The van der Waals surface area contributed by atoms with Crippen LogP contribution in [0, 0.1) is 0 Å². The van der Waals surface area contributed by atoms with Crippen molar-refractivity contribution in [2.24, 2.45) is 0 Å². The van der Waals surface area contributed by atoms with Gasteiger partial charge < -0.3 is 4.74 Å². The number of ether oxygens (including phenoxy) is 1. The average Bonchev–Trinajstić information content (AvgIpc) is 2.67. The summed E-state index contributed by atoms with van der Waals surface area (Å²) in [5.41, 5.74) is 0. The Hall–Kier alpha value is 0.0200. The first kappa shape index (κ1) is 14.5. The Bertz CT molecular complexity index is 111. The Balaban J connectivity index is 0. The van der Waals surface area contributed by atoms with Crippen LogP contribution >= 0.6 is 24.8 Å². The minimum Gasteiger partial charge on any atom is -0.381 e. The maximum Gasteiger partial charge on any atom is 0.0466 e. The zero-order chi connectivity index (χ0) is 7.07. The molecular weight excluding hydrogens is 195 g/mol. The van der Waals surface area contributed by atoms with E-state index in [4.69, 9.17) is 4.74 Å². The molecule has 0 aromatic heterocycles. The second kappa shape index (κ2) is 11.0. The Kier molecular flexibility index (Phi) is 13.4. The van der Waals surface area contributed by atoms with Gasteiger partial charge in [0.2, 0.25) is 0 Å². The van der Waals surface area contributed by atoms with Crippen LogP contribution in [0.4, 0.5) is 0 Å². The molecule has 72 valence electrons. The van der Waals surface area contributed by atoms with Crippen LogP contribution in [0.25, 0.3) is 0 Å². The van der Waals surface area contributed by atoms with Gasteiger partial charge in [-0.2, -0.15) is 0 Å². The summed E-state index contributed by atoms with van der Waals surface area (Å²) in [6.45, 7) is 2.00. The molecule has 0 aromatic rings. The summed E-state index contributed by atoms with van der Waals surface area (Å²) in [6.07, 6.45) is 12.1. The zero-order valence-electron chi connectivity index (χ0n) is 7.07. The third-order valence-electron chi connectivity index (χ3n) is 1.48. The minimum atomic E-state index is 0. The summed E-state index contributed by atoms with van der Waals surface area (Å²) in [5.74, 6) is 0. The molecule has 0 unspecified atom stereocenters. The van der Waals surface area contributed by atoms with Gasteiger partial charge in [-0.25, -0.2) is 0 Å². The predicted molar refractivity (Wildman–Crippen MR) is 57.4 cm³/mol. The molecule has 0 bridgehead atoms. The molecule has 0 N–H and O–H groups in total. The molecule has 1 aliphatic carbocycles. The van der Waals surface area contributed by atoms with Crippen molar-refractivity contribution in [3.8, 4) is 0 Å². The highest BCUT2D eigenvalue weighted by Gasteiger charge is 1.94. The lowest BCUT2D eigenvalue weighted by Crippen LogP contribution is -1.74. The predicted octanol–water partition coefficient (Wildman–Crippen LogP) is 3.14. The van der Waals surface area contributed by atoms with Crippen molar-refractivity contribution >= 4 is 24.8 Å². The van der Waals surface area contributed by atoms with Crippen molar-refractivity contribution in [2.45, 2.75) is 19.3 Å². The van der Waals surface area contributed by atoms with Crippen LogP contribution in [-0.4, -0.2) is 13.2 Å². The molecule has 2 rings (SSSR count). The van der Waals surface area contributed by atoms with Gasteiger partial charge in [-0.1, -0.05) is 24.3 Å². The van der Waals surface area contributed by atoms with Crippen molar-refractivity contribution in [2.75, 3.05) is 13.2 Å². The van der Waals surface area contributed by atoms with Gasteiger partial charge in [-0.3, -0.25) is 0 Å². The quantitative estimate of drug-likeness (QED) is 0.598. The second-order valence-corrected chi connectivity index (χ2v) is 2.41. The molecular formula is C9H16Cl2O. The largest absolute Gasteiger partial charge is 0.381 e. The van der Waals surface area contributed by atoms with E-state index in [-0.39, 0.29) is 24.8 Å². The van der Waals surface area contributed by atoms with Gasteiger partial charge in [-0.05, 0) is 19.3 Å². The van der Waals surface area contributed by atoms with Crippen LogP contribution in [0.2, 0.25) is 0 Å². The van der Waals surface area contributed by atoms with E-state index >= 15 is 0 Å². The van der Waals surface area contributed by atoms with Crippen LogP contribution in [0.15, 0.2) is 24.3 Å². The van der Waals surface area contributed by atoms with Gasteiger partial charge in [-0.15, -0.1) is 24.8 Å². The van der Waals surface area contributed by atoms with Crippen LogP contribution < -0.4 is 0 Å². The van der Waals surface area contributed by atoms with Crippen LogP contribution in [0.1, 0.15) is 19.3 Å². The fourth-order valence-electron chi connectivity index (χ4n) is 0.903. The lowest BCUT2D eigenvalue weighted by molar-refractivity contribution is 0.198. The van der Waals surface area contributed by atoms with Gasteiger partial charge in [0.25, 0.3) is 0 Å². The van der Waals surface area contributed by atoms with Gasteiger partial charge in [0.1, 0.15) is 0 Å². The molecule has 1 aliphatic heterocycles. The highest BCUT2D eigenvalue weighted by Crippen LogP contribution is 1.98. The number of rotatable bonds is 0. The first-order valence-corrected chi connectivity index (χ1v) is 3.89. The molecule has 2 aliphatic rings. The zero-order valence-corrected chi connectivity index (χ0v) is 8.70. The molecule has 3 heteroatoms. The van der Waals surface area contributed by atoms with E-state index in [0.717, 1.165) is 19.6 Å². The Labute approximate surface area is 86.7 Å². The van der Waals surface area contributed by atoms with Crippen molar-refractivity contribution < 1.29 is 4.74 Å². The van der Waals surface area contributed by atoms with Gasteiger partial charge in [0, 0.05) is 13.2 Å². The maximum atomic E-state index is 4.94. The van der Waals surface area contributed by atoms with Crippen molar-refractivity contribution in [3.05, 3.63) is 24.3 Å². The summed E-state index contributed by atoms with van der Waals surface area (Å²) >= 11 is 0. The normalized spacial score (nSPS) is 17.3. The van der Waals surface area contributed by atoms with Gasteiger partial charge in [0.15, 0.2) is 0 Å². The smallest absolute Gasteiger partial charge is 0.0466 e. The molecule has 1 heterocycles. The Morgan fingerprint density at radius 1 is 0.833 bits per heavy atom. The molecule has 0 atom stereocenters. The maximum absolute atomic E-state index is 4.94. The third kappa shape index (κ3) is 8.12. The minimum absolute atomic E-state index is 0. The lowest BCUT2D eigenvalue weighted by atomic mass is 10.4. The van der Waals surface area contributed by atoms with E-state index < -0.39 is 0 Å². The Morgan fingerprint density at radius 3 is 1.50 bits per heavy atom. The molecule has 1 fully saturated rings. The fourth-order valence-corrected chi connectivity index (χ4v) is 0.903. The van der Waals surface area contributed by atoms with E-state index in [2.05, 4.69) is 24.3 Å². The topological polar surface area (TPSA) is 9.23 Å². The lowest BCUT2D eigenvalue weighted by Gasteiger charge is -1.76. The molecule has 0 aromatic carbocycles. The van der Waals surface area contributed by atoms with Crippen molar-refractivity contribution in [1.29, 1.82) is 0 Å². The third-order valence-corrected chi connectivity index (χ3v) is 1.48. The number of halogens is 2. The highest BCUT2D eigenvalue weighted by molar-refractivity contribution is 5.85. The monoisotopic (exact) mass is 210 g/mol. The Morgan fingerprint density at radius 2 is 1.33 bits per heavy atom. The van der Waals surface area contributed by atoms with E-state index in [1.54, 1.807) is 0 Å². The number of hydrogen-bond donors (Lipinski definition) is 0. The summed E-state index contributed by atoms with van der Waals surface area (Å²) in [7, 11) is 0. The molecule has 12 heavy (non-hydrogen) atoms. The summed E-state index contributed by atoms with van der Waals surface area (Å²) in [4.78, 5) is 0. The van der Waals surface area contributed by atoms with E-state index in [9.17, 15) is 0 Å². The highest BCUT2D eigenvalue weighted by atomic mass is 35.5. The van der Waals surface area contributed by atoms with Gasteiger partial charge >= 0.3 is 0 Å². The first-order chi connectivity index (χ1) is 5.00. The summed E-state index contributed by atoms with van der Waals surface area (Å²) < 4.78 is 4.94. The second-order valence-electron chi connectivity index (χ2n) is 2.41. The fraction of sp³-hybridized carbons (Fsp3) is 0.556. The molecule has 0 amide bonds. The molecule has 0 spiro atoms. The molecule has 1 nitrogen and oxygen atoms in total. The summed E-state index contributed by atoms with van der Waals surface area (Å²) in [5, 5.41) is 0. The van der Waals surface area contributed by atoms with E-state index in [0.29, 0.717) is 0 Å². The molecule has 1 saturated heterocycles. The van der Waals surface area contributed by atoms with Crippen molar-refractivity contribution in [1.82, 2.24) is 0 Å². The van der Waals surface area contributed by atoms with E-state index in [1.165, 1.54) is 12.8 Å². The summed E-state index contributed by atoms with van der Waals surface area (Å²) in [6, 6.07) is 0. The molecule has 0 radical (unpaired) electrons. The number of allylic oxidation sites excluding steroid dienone is 4. The standard InChI is InChI=1S/C5H6.C4H8O.2ClH/c2*1-2-4-5-3-1;;/h1-4H,5H2;1-4H2;2*1H. The van der Waals surface area contributed by atoms with Crippen LogP contribution in [-0.2, 0) is 4.74 Å². The van der Waals surface area contributed by atoms with Crippen molar-refractivity contribution in [3.63, 3.8) is 0 Å².